The number of benzene rings is 1. The highest BCUT2D eigenvalue weighted by molar-refractivity contribution is 5.79. The molecule has 0 radical (unpaired) electrons. The molecule has 25 heavy (non-hydrogen) atoms. The summed E-state index contributed by atoms with van der Waals surface area (Å²) in [4.78, 5) is 34.2. The maximum atomic E-state index is 12.5. The average Bonchev–Trinajstić information content (AvgIpc) is 3.06. The van der Waals surface area contributed by atoms with Gasteiger partial charge in [-0.2, -0.15) is 0 Å². The molecule has 1 aliphatic rings. The second-order valence-electron chi connectivity index (χ2n) is 6.36. The molecule has 1 aromatic carbocycles. The van der Waals surface area contributed by atoms with Crippen LogP contribution in [0, 0.1) is 12.8 Å². The lowest BCUT2D eigenvalue weighted by atomic mass is 9.89. The molecule has 1 fully saturated rings. The van der Waals surface area contributed by atoms with Gasteiger partial charge in [0.25, 0.3) is 0 Å². The molecule has 3 rings (SSSR count). The van der Waals surface area contributed by atoms with Gasteiger partial charge in [0.05, 0.1) is 5.92 Å². The summed E-state index contributed by atoms with van der Waals surface area (Å²) in [6.45, 7) is 2.52. The fraction of sp³-hybridized carbons (Fsp3) is 0.368. The standard InChI is InChI=1S/C19H21N3O3/c1-13-20-10-9-15(21-13)7-8-18(23)22-11-16(17(12-22)19(24)25)14-5-3-2-4-6-14/h2-6,9-10,16-17H,7-8,11-12H2,1H3,(H,24,25)/t16-,17+/m1/s1. The van der Waals surface area contributed by atoms with Crippen molar-refractivity contribution in [3.63, 3.8) is 0 Å². The van der Waals surface area contributed by atoms with Gasteiger partial charge in [0.15, 0.2) is 0 Å². The van der Waals surface area contributed by atoms with E-state index in [0.29, 0.717) is 25.2 Å². The number of amides is 1. The number of likely N-dealkylation sites (tertiary alicyclic amines) is 1. The number of hydrogen-bond acceptors (Lipinski definition) is 4. The van der Waals surface area contributed by atoms with Gasteiger partial charge in [-0.05, 0) is 25.0 Å². The number of aliphatic carboxylic acids is 1. The summed E-state index contributed by atoms with van der Waals surface area (Å²) in [5.74, 6) is -0.922. The molecule has 1 amide bonds. The fourth-order valence-electron chi connectivity index (χ4n) is 3.33. The van der Waals surface area contributed by atoms with Gasteiger partial charge in [0.2, 0.25) is 5.91 Å². The minimum atomic E-state index is -0.851. The molecule has 2 atom stereocenters. The molecule has 6 heteroatoms. The number of nitrogens with zero attached hydrogens (tertiary/aromatic N) is 3. The van der Waals surface area contributed by atoms with E-state index < -0.39 is 11.9 Å². The first kappa shape index (κ1) is 17.1. The van der Waals surface area contributed by atoms with Crippen LogP contribution in [-0.2, 0) is 16.0 Å². The molecule has 1 aliphatic heterocycles. The third-order valence-electron chi connectivity index (χ3n) is 4.65. The van der Waals surface area contributed by atoms with E-state index in [1.54, 1.807) is 17.2 Å². The van der Waals surface area contributed by atoms with E-state index in [1.165, 1.54) is 0 Å². The summed E-state index contributed by atoms with van der Waals surface area (Å²) in [5, 5.41) is 9.53. The first-order chi connectivity index (χ1) is 12.0. The van der Waals surface area contributed by atoms with Crippen LogP contribution in [0.1, 0.15) is 29.4 Å². The Morgan fingerprint density at radius 1 is 1.20 bits per heavy atom. The van der Waals surface area contributed by atoms with Crippen molar-refractivity contribution >= 4 is 11.9 Å². The predicted molar refractivity (Wildman–Crippen MR) is 92.0 cm³/mol. The Balaban J connectivity index is 1.66. The third kappa shape index (κ3) is 4.02. The highest BCUT2D eigenvalue weighted by Gasteiger charge is 2.40. The van der Waals surface area contributed by atoms with E-state index in [-0.39, 0.29) is 18.4 Å². The second kappa shape index (κ2) is 7.42. The van der Waals surface area contributed by atoms with Crippen LogP contribution >= 0.6 is 0 Å². The van der Waals surface area contributed by atoms with Crippen molar-refractivity contribution < 1.29 is 14.7 Å². The number of carbonyl (C=O) groups excluding carboxylic acids is 1. The molecule has 1 aromatic heterocycles. The largest absolute Gasteiger partial charge is 0.481 e. The first-order valence-electron chi connectivity index (χ1n) is 8.38. The lowest BCUT2D eigenvalue weighted by Gasteiger charge is -2.16. The van der Waals surface area contributed by atoms with Gasteiger partial charge in [-0.15, -0.1) is 0 Å². The van der Waals surface area contributed by atoms with Crippen molar-refractivity contribution in [3.05, 3.63) is 59.7 Å². The van der Waals surface area contributed by atoms with E-state index in [0.717, 1.165) is 11.3 Å². The van der Waals surface area contributed by atoms with Gasteiger partial charge in [0, 0.05) is 37.3 Å². The number of hydrogen-bond donors (Lipinski definition) is 1. The molecule has 2 heterocycles. The van der Waals surface area contributed by atoms with E-state index in [1.807, 2.05) is 37.3 Å². The molecule has 0 unspecified atom stereocenters. The van der Waals surface area contributed by atoms with E-state index >= 15 is 0 Å². The molecule has 0 bridgehead atoms. The fourth-order valence-corrected chi connectivity index (χ4v) is 3.33. The van der Waals surface area contributed by atoms with Crippen LogP contribution in [0.25, 0.3) is 0 Å². The van der Waals surface area contributed by atoms with E-state index in [4.69, 9.17) is 0 Å². The molecule has 1 saturated heterocycles. The molecule has 0 aliphatic carbocycles. The van der Waals surface area contributed by atoms with E-state index in [9.17, 15) is 14.7 Å². The van der Waals surface area contributed by atoms with Gasteiger partial charge in [-0.1, -0.05) is 30.3 Å². The topological polar surface area (TPSA) is 83.4 Å². The molecule has 2 aromatic rings. The van der Waals surface area contributed by atoms with Crippen LogP contribution in [0.4, 0.5) is 0 Å². The van der Waals surface area contributed by atoms with Crippen LogP contribution in [0.15, 0.2) is 42.6 Å². The maximum absolute atomic E-state index is 12.5. The molecular weight excluding hydrogens is 318 g/mol. The van der Waals surface area contributed by atoms with Crippen molar-refractivity contribution in [1.82, 2.24) is 14.9 Å². The predicted octanol–water partition coefficient (Wildman–Crippen LogP) is 2.04. The third-order valence-corrected chi connectivity index (χ3v) is 4.65. The van der Waals surface area contributed by atoms with Gasteiger partial charge in [-0.25, -0.2) is 9.97 Å². The Hall–Kier alpha value is -2.76. The number of aromatic nitrogens is 2. The number of carboxylic acid groups (broad SMARTS) is 1. The Kier molecular flexibility index (Phi) is 5.07. The highest BCUT2D eigenvalue weighted by atomic mass is 16.4. The number of carboxylic acids is 1. The van der Waals surface area contributed by atoms with Crippen molar-refractivity contribution in [2.75, 3.05) is 13.1 Å². The molecule has 1 N–H and O–H groups in total. The SMILES string of the molecule is Cc1nccc(CCC(=O)N2C[C@H](C(=O)O)[C@@H](c3ccccc3)C2)n1. The monoisotopic (exact) mass is 339 g/mol. The van der Waals surface area contributed by atoms with E-state index in [2.05, 4.69) is 9.97 Å². The number of aryl methyl sites for hydroxylation is 2. The van der Waals surface area contributed by atoms with Crippen molar-refractivity contribution in [1.29, 1.82) is 0 Å². The van der Waals surface area contributed by atoms with Gasteiger partial charge in [-0.3, -0.25) is 9.59 Å². The Bertz CT molecular complexity index is 764. The van der Waals surface area contributed by atoms with Gasteiger partial charge >= 0.3 is 5.97 Å². The Morgan fingerprint density at radius 3 is 2.64 bits per heavy atom. The zero-order valence-corrected chi connectivity index (χ0v) is 14.1. The average molecular weight is 339 g/mol. The summed E-state index contributed by atoms with van der Waals surface area (Å²) in [7, 11) is 0. The van der Waals surface area contributed by atoms with Crippen LogP contribution in [-0.4, -0.2) is 44.9 Å². The smallest absolute Gasteiger partial charge is 0.308 e. The Morgan fingerprint density at radius 2 is 1.96 bits per heavy atom. The zero-order valence-electron chi connectivity index (χ0n) is 14.1. The first-order valence-corrected chi connectivity index (χ1v) is 8.38. The number of rotatable bonds is 5. The summed E-state index contributed by atoms with van der Waals surface area (Å²) < 4.78 is 0. The van der Waals surface area contributed by atoms with Crippen molar-refractivity contribution in [2.24, 2.45) is 5.92 Å². The molecule has 0 saturated carbocycles. The molecule has 130 valence electrons. The molecular formula is C19H21N3O3. The molecule has 0 spiro atoms. The highest BCUT2D eigenvalue weighted by Crippen LogP contribution is 2.33. The van der Waals surface area contributed by atoms with Crippen LogP contribution in [0.3, 0.4) is 0 Å². The minimum absolute atomic E-state index is 0.0269. The quantitative estimate of drug-likeness (QED) is 0.901. The van der Waals surface area contributed by atoms with Crippen molar-refractivity contribution in [2.45, 2.75) is 25.7 Å². The van der Waals surface area contributed by atoms with Crippen LogP contribution < -0.4 is 0 Å². The second-order valence-corrected chi connectivity index (χ2v) is 6.36. The summed E-state index contributed by atoms with van der Waals surface area (Å²) >= 11 is 0. The summed E-state index contributed by atoms with van der Waals surface area (Å²) in [5.41, 5.74) is 1.80. The number of carbonyl (C=O) groups is 2. The lowest BCUT2D eigenvalue weighted by molar-refractivity contribution is -0.141. The van der Waals surface area contributed by atoms with Gasteiger partial charge in [0.1, 0.15) is 5.82 Å². The summed E-state index contributed by atoms with van der Waals surface area (Å²) in [6, 6.07) is 11.4. The lowest BCUT2D eigenvalue weighted by Crippen LogP contribution is -2.30. The van der Waals surface area contributed by atoms with Crippen LogP contribution in [0.5, 0.6) is 0 Å². The van der Waals surface area contributed by atoms with Gasteiger partial charge < -0.3 is 10.0 Å². The zero-order chi connectivity index (χ0) is 17.8. The normalized spacial score (nSPS) is 19.8. The maximum Gasteiger partial charge on any atom is 0.308 e. The van der Waals surface area contributed by atoms with Crippen molar-refractivity contribution in [3.8, 4) is 0 Å². The summed E-state index contributed by atoms with van der Waals surface area (Å²) in [6.07, 6.45) is 2.54. The van der Waals surface area contributed by atoms with Crippen LogP contribution in [0.2, 0.25) is 0 Å². The Labute approximate surface area is 146 Å². The minimum Gasteiger partial charge on any atom is -0.481 e. The molecule has 6 nitrogen and oxygen atoms in total.